The van der Waals surface area contributed by atoms with E-state index in [1.807, 2.05) is 0 Å². The standard InChI is InChI=1S/C15H20O3/c1-17-7-18-15(16)12-6-10-5-11(12)14-9-3-2-8(4-9)13(10)14/h2-3,8-14H,4-7H2,1H3. The Hall–Kier alpha value is -0.830. The van der Waals surface area contributed by atoms with E-state index in [2.05, 4.69) is 12.2 Å². The van der Waals surface area contributed by atoms with Gasteiger partial charge in [0.15, 0.2) is 6.79 Å². The summed E-state index contributed by atoms with van der Waals surface area (Å²) in [6.45, 7) is 0.104. The van der Waals surface area contributed by atoms with E-state index in [9.17, 15) is 4.79 Å². The van der Waals surface area contributed by atoms with E-state index >= 15 is 0 Å². The largest absolute Gasteiger partial charge is 0.438 e. The Morgan fingerprint density at radius 3 is 2.72 bits per heavy atom. The van der Waals surface area contributed by atoms with Crippen LogP contribution in [0.15, 0.2) is 12.2 Å². The third-order valence-electron chi connectivity index (χ3n) is 5.89. The smallest absolute Gasteiger partial charge is 0.311 e. The molecule has 0 radical (unpaired) electrons. The second kappa shape index (κ2) is 3.83. The van der Waals surface area contributed by atoms with Gasteiger partial charge in [-0.2, -0.15) is 0 Å². The fourth-order valence-corrected chi connectivity index (χ4v) is 5.51. The minimum Gasteiger partial charge on any atom is -0.438 e. The van der Waals surface area contributed by atoms with Crippen LogP contribution in [0.25, 0.3) is 0 Å². The molecule has 7 unspecified atom stereocenters. The number of allylic oxidation sites excluding steroid dienone is 2. The van der Waals surface area contributed by atoms with Gasteiger partial charge in [-0.05, 0) is 54.8 Å². The van der Waals surface area contributed by atoms with Crippen molar-refractivity contribution in [3.05, 3.63) is 12.2 Å². The SMILES string of the molecule is COCOC(=O)C1CC2CC1C1C3C=CC(C3)C21. The molecule has 0 aliphatic heterocycles. The lowest BCUT2D eigenvalue weighted by Gasteiger charge is -2.35. The van der Waals surface area contributed by atoms with Crippen LogP contribution in [0.2, 0.25) is 0 Å². The summed E-state index contributed by atoms with van der Waals surface area (Å²) in [6.07, 6.45) is 8.51. The van der Waals surface area contributed by atoms with Crippen LogP contribution >= 0.6 is 0 Å². The van der Waals surface area contributed by atoms with Gasteiger partial charge in [0.25, 0.3) is 0 Å². The van der Waals surface area contributed by atoms with Gasteiger partial charge in [0.1, 0.15) is 0 Å². The summed E-state index contributed by atoms with van der Waals surface area (Å²) >= 11 is 0. The van der Waals surface area contributed by atoms with Crippen LogP contribution < -0.4 is 0 Å². The molecule has 0 aromatic carbocycles. The zero-order chi connectivity index (χ0) is 12.3. The van der Waals surface area contributed by atoms with Crippen molar-refractivity contribution in [3.63, 3.8) is 0 Å². The molecule has 3 heteroatoms. The van der Waals surface area contributed by atoms with Gasteiger partial charge >= 0.3 is 5.97 Å². The van der Waals surface area contributed by atoms with E-state index < -0.39 is 0 Å². The summed E-state index contributed by atoms with van der Waals surface area (Å²) in [4.78, 5) is 12.1. The molecule has 18 heavy (non-hydrogen) atoms. The molecule has 0 aromatic rings. The van der Waals surface area contributed by atoms with Crippen molar-refractivity contribution in [1.29, 1.82) is 0 Å². The molecule has 4 rings (SSSR count). The Labute approximate surface area is 108 Å². The van der Waals surface area contributed by atoms with Crippen LogP contribution in [-0.4, -0.2) is 19.9 Å². The van der Waals surface area contributed by atoms with Crippen LogP contribution in [0.1, 0.15) is 19.3 Å². The minimum absolute atomic E-state index is 0.0189. The van der Waals surface area contributed by atoms with Crippen LogP contribution in [0.3, 0.4) is 0 Å². The van der Waals surface area contributed by atoms with Gasteiger partial charge in [0, 0.05) is 7.11 Å². The number of hydrogen-bond donors (Lipinski definition) is 0. The quantitative estimate of drug-likeness (QED) is 0.332. The van der Waals surface area contributed by atoms with Crippen LogP contribution in [0.4, 0.5) is 0 Å². The van der Waals surface area contributed by atoms with Gasteiger partial charge in [-0.15, -0.1) is 0 Å². The van der Waals surface area contributed by atoms with E-state index in [-0.39, 0.29) is 18.7 Å². The molecule has 3 saturated carbocycles. The zero-order valence-electron chi connectivity index (χ0n) is 10.7. The second-order valence-corrected chi connectivity index (χ2v) is 6.47. The molecular weight excluding hydrogens is 228 g/mol. The van der Waals surface area contributed by atoms with Gasteiger partial charge in [-0.25, -0.2) is 0 Å². The van der Waals surface area contributed by atoms with E-state index in [0.717, 1.165) is 36.0 Å². The lowest BCUT2D eigenvalue weighted by molar-refractivity contribution is -0.162. The Balaban J connectivity index is 1.52. The van der Waals surface area contributed by atoms with E-state index in [1.54, 1.807) is 7.11 Å². The predicted octanol–water partition coefficient (Wildman–Crippen LogP) is 2.23. The molecule has 0 saturated heterocycles. The van der Waals surface area contributed by atoms with Gasteiger partial charge in [0.05, 0.1) is 5.92 Å². The lowest BCUT2D eigenvalue weighted by atomic mass is 9.69. The number of hydrogen-bond acceptors (Lipinski definition) is 3. The van der Waals surface area contributed by atoms with Gasteiger partial charge in [-0.1, -0.05) is 12.2 Å². The number of rotatable bonds is 3. The molecule has 4 aliphatic rings. The molecule has 3 fully saturated rings. The second-order valence-electron chi connectivity index (χ2n) is 6.47. The van der Waals surface area contributed by atoms with Crippen LogP contribution in [0, 0.1) is 41.4 Å². The summed E-state index contributed by atoms with van der Waals surface area (Å²) in [5.74, 6) is 4.74. The number of carbonyl (C=O) groups is 1. The van der Waals surface area contributed by atoms with E-state index in [0.29, 0.717) is 5.92 Å². The number of methoxy groups -OCH3 is 1. The molecular formula is C15H20O3. The highest BCUT2D eigenvalue weighted by Gasteiger charge is 2.62. The van der Waals surface area contributed by atoms with Crippen LogP contribution in [-0.2, 0) is 14.3 Å². The maximum absolute atomic E-state index is 12.1. The van der Waals surface area contributed by atoms with Gasteiger partial charge in [-0.3, -0.25) is 4.79 Å². The third kappa shape index (κ3) is 1.31. The van der Waals surface area contributed by atoms with Crippen molar-refractivity contribution in [2.24, 2.45) is 41.4 Å². The fourth-order valence-electron chi connectivity index (χ4n) is 5.51. The molecule has 98 valence electrons. The Morgan fingerprint density at radius 2 is 1.94 bits per heavy atom. The van der Waals surface area contributed by atoms with Gasteiger partial charge < -0.3 is 9.47 Å². The number of carbonyl (C=O) groups excluding carboxylic acids is 1. The third-order valence-corrected chi connectivity index (χ3v) is 5.89. The molecule has 7 atom stereocenters. The molecule has 0 heterocycles. The van der Waals surface area contributed by atoms with E-state index in [4.69, 9.17) is 9.47 Å². The maximum atomic E-state index is 12.1. The fraction of sp³-hybridized carbons (Fsp3) is 0.800. The highest BCUT2D eigenvalue weighted by Crippen LogP contribution is 2.67. The zero-order valence-corrected chi connectivity index (χ0v) is 10.7. The monoisotopic (exact) mass is 248 g/mol. The van der Waals surface area contributed by atoms with Crippen molar-refractivity contribution in [3.8, 4) is 0 Å². The topological polar surface area (TPSA) is 35.5 Å². The summed E-state index contributed by atoms with van der Waals surface area (Å²) in [6, 6.07) is 0. The summed E-state index contributed by atoms with van der Waals surface area (Å²) in [5.41, 5.74) is 0. The Kier molecular flexibility index (Phi) is 2.35. The van der Waals surface area contributed by atoms with Crippen LogP contribution in [0.5, 0.6) is 0 Å². The number of ether oxygens (including phenoxy) is 2. The number of fused-ring (bicyclic) bond motifs is 9. The molecule has 4 bridgehead atoms. The van der Waals surface area contributed by atoms with Crippen molar-refractivity contribution < 1.29 is 14.3 Å². The summed E-state index contributed by atoms with van der Waals surface area (Å²) < 4.78 is 10.0. The van der Waals surface area contributed by atoms with Crippen molar-refractivity contribution >= 4 is 5.97 Å². The van der Waals surface area contributed by atoms with Gasteiger partial charge in [0.2, 0.25) is 0 Å². The average molecular weight is 248 g/mol. The highest BCUT2D eigenvalue weighted by molar-refractivity contribution is 5.73. The summed E-state index contributed by atoms with van der Waals surface area (Å²) in [5, 5.41) is 0. The van der Waals surface area contributed by atoms with Crippen molar-refractivity contribution in [2.75, 3.05) is 13.9 Å². The predicted molar refractivity (Wildman–Crippen MR) is 65.4 cm³/mol. The first-order valence-electron chi connectivity index (χ1n) is 7.13. The van der Waals surface area contributed by atoms with Crippen molar-refractivity contribution in [1.82, 2.24) is 0 Å². The Bertz CT molecular complexity index is 403. The first kappa shape index (κ1) is 11.0. The molecule has 0 N–H and O–H groups in total. The maximum Gasteiger partial charge on any atom is 0.311 e. The first-order chi connectivity index (χ1) is 8.79. The molecule has 0 amide bonds. The number of esters is 1. The first-order valence-corrected chi connectivity index (χ1v) is 7.13. The molecule has 0 spiro atoms. The molecule has 3 nitrogen and oxygen atoms in total. The minimum atomic E-state index is -0.0189. The van der Waals surface area contributed by atoms with E-state index in [1.165, 1.54) is 12.8 Å². The molecule has 0 aromatic heterocycles. The summed E-state index contributed by atoms with van der Waals surface area (Å²) in [7, 11) is 1.56. The molecule has 4 aliphatic carbocycles. The van der Waals surface area contributed by atoms with Crippen molar-refractivity contribution in [2.45, 2.75) is 19.3 Å². The average Bonchev–Trinajstić information content (AvgIpc) is 3.10. The Morgan fingerprint density at radius 1 is 1.17 bits per heavy atom. The lowest BCUT2D eigenvalue weighted by Crippen LogP contribution is -2.35. The normalized spacial score (nSPS) is 50.8. The highest BCUT2D eigenvalue weighted by atomic mass is 16.7.